The number of nitro groups is 3. The van der Waals surface area contributed by atoms with Crippen LogP contribution in [0.1, 0.15) is 36.1 Å². The van der Waals surface area contributed by atoms with Crippen molar-refractivity contribution in [2.45, 2.75) is 13.8 Å². The van der Waals surface area contributed by atoms with Gasteiger partial charge in [-0.1, -0.05) is 86.7 Å². The second-order valence-corrected chi connectivity index (χ2v) is 7.31. The molecule has 3 aromatic carbocycles. The molecule has 0 aliphatic heterocycles. The average molecular weight is 491 g/mol. The van der Waals surface area contributed by atoms with Gasteiger partial charge < -0.3 is 5.32 Å². The molecule has 0 unspecified atom stereocenters. The Kier molecular flexibility index (Phi) is 10.6. The van der Waals surface area contributed by atoms with E-state index in [-0.39, 0.29) is 11.1 Å². The summed E-state index contributed by atoms with van der Waals surface area (Å²) in [6, 6.07) is 18.2. The van der Waals surface area contributed by atoms with Crippen LogP contribution in [0.3, 0.4) is 0 Å². The maximum atomic E-state index is 11.9. The second-order valence-electron chi connectivity index (χ2n) is 7.31. The minimum atomic E-state index is -0.866. The zero-order valence-electron chi connectivity index (χ0n) is 19.9. The van der Waals surface area contributed by atoms with Crippen molar-refractivity contribution >= 4 is 41.4 Å². The van der Waals surface area contributed by atoms with Gasteiger partial charge in [-0.15, -0.1) is 0 Å². The molecule has 0 heterocycles. The normalized spacial score (nSPS) is 10.7. The van der Waals surface area contributed by atoms with Crippen molar-refractivity contribution in [1.82, 2.24) is 5.32 Å². The number of hydrogen-bond donors (Lipinski definition) is 1. The largest absolute Gasteiger partial charge is 0.317 e. The van der Waals surface area contributed by atoms with E-state index >= 15 is 0 Å². The van der Waals surface area contributed by atoms with Gasteiger partial charge in [0.15, 0.2) is 0 Å². The number of benzene rings is 3. The molecule has 0 amide bonds. The molecule has 36 heavy (non-hydrogen) atoms. The Morgan fingerprint density at radius 3 is 1.31 bits per heavy atom. The Labute approximate surface area is 208 Å². The lowest BCUT2D eigenvalue weighted by Gasteiger charge is -2.05. The number of nitrogens with one attached hydrogen (secondary N) is 1. The molecule has 0 bridgehead atoms. The molecule has 0 saturated heterocycles. The summed E-state index contributed by atoms with van der Waals surface area (Å²) in [6.07, 6.45) is 5.42. The molecule has 0 fully saturated rings. The summed E-state index contributed by atoms with van der Waals surface area (Å²) in [7, 11) is 0. The summed E-state index contributed by atoms with van der Waals surface area (Å²) in [5.41, 5.74) is -1.48. The first-order valence-electron chi connectivity index (χ1n) is 11.1. The van der Waals surface area contributed by atoms with Gasteiger partial charge in [-0.3, -0.25) is 30.3 Å². The Morgan fingerprint density at radius 1 is 0.639 bits per heavy atom. The highest BCUT2D eigenvalue weighted by Gasteiger charge is 2.34. The monoisotopic (exact) mass is 490 g/mol. The standard InChI is InChI=1S/C22H15N3O6.C4H11N/c26-23(27)20-15-21(24(28)29)19(14-12-17-9-5-2-6-10-17)22(25(30)31)18(20)13-11-16-7-3-1-4-8-16;1-3-5-4-2/h1-15H;5H,3-4H2,1-2H3. The van der Waals surface area contributed by atoms with Crippen molar-refractivity contribution in [3.8, 4) is 0 Å². The first-order chi connectivity index (χ1) is 17.3. The van der Waals surface area contributed by atoms with Crippen LogP contribution in [0.2, 0.25) is 0 Å². The van der Waals surface area contributed by atoms with E-state index in [4.69, 9.17) is 0 Å². The first-order valence-corrected chi connectivity index (χ1v) is 11.1. The van der Waals surface area contributed by atoms with Gasteiger partial charge in [0.25, 0.3) is 17.1 Å². The number of nitrogens with zero attached hydrogens (tertiary/aromatic N) is 3. The lowest BCUT2D eigenvalue weighted by Crippen LogP contribution is -2.09. The zero-order valence-corrected chi connectivity index (χ0v) is 19.9. The van der Waals surface area contributed by atoms with Crippen LogP contribution in [0.15, 0.2) is 66.7 Å². The Bertz CT molecular complexity index is 1170. The highest BCUT2D eigenvalue weighted by atomic mass is 16.6. The molecule has 10 nitrogen and oxygen atoms in total. The third kappa shape index (κ3) is 7.67. The molecule has 1 N–H and O–H groups in total. The van der Waals surface area contributed by atoms with Crippen LogP contribution in [-0.4, -0.2) is 27.9 Å². The predicted molar refractivity (Wildman–Crippen MR) is 141 cm³/mol. The molecule has 0 aliphatic rings. The lowest BCUT2D eigenvalue weighted by atomic mass is 10.00. The molecule has 0 atom stereocenters. The average Bonchev–Trinajstić information content (AvgIpc) is 2.87. The van der Waals surface area contributed by atoms with E-state index in [0.717, 1.165) is 19.2 Å². The van der Waals surface area contributed by atoms with Crippen molar-refractivity contribution in [1.29, 1.82) is 0 Å². The van der Waals surface area contributed by atoms with Crippen LogP contribution in [-0.2, 0) is 0 Å². The van der Waals surface area contributed by atoms with Crippen molar-refractivity contribution in [2.24, 2.45) is 0 Å². The molecule has 0 aromatic heterocycles. The SMILES string of the molecule is CCNCC.O=[N+]([O-])c1cc([N+](=O)[O-])c(C=Cc2ccccc2)c([N+](=O)[O-])c1C=Cc1ccccc1. The van der Waals surface area contributed by atoms with Gasteiger partial charge in [0.1, 0.15) is 11.1 Å². The van der Waals surface area contributed by atoms with Crippen LogP contribution in [0.4, 0.5) is 17.1 Å². The van der Waals surface area contributed by atoms with Gasteiger partial charge >= 0.3 is 0 Å². The van der Waals surface area contributed by atoms with Crippen molar-refractivity contribution in [3.05, 3.63) is 119 Å². The smallest absolute Gasteiger partial charge is 0.297 e. The van der Waals surface area contributed by atoms with E-state index in [1.165, 1.54) is 24.3 Å². The zero-order chi connectivity index (χ0) is 26.5. The molecule has 0 radical (unpaired) electrons. The summed E-state index contributed by atoms with van der Waals surface area (Å²) in [5.74, 6) is 0. The molecule has 0 saturated carbocycles. The van der Waals surface area contributed by atoms with Crippen LogP contribution >= 0.6 is 0 Å². The molecule has 3 aromatic rings. The Morgan fingerprint density at radius 2 is 1.03 bits per heavy atom. The van der Waals surface area contributed by atoms with E-state index in [1.54, 1.807) is 60.7 Å². The lowest BCUT2D eigenvalue weighted by molar-refractivity contribution is -0.403. The van der Waals surface area contributed by atoms with E-state index < -0.39 is 31.8 Å². The van der Waals surface area contributed by atoms with Gasteiger partial charge in [-0.25, -0.2) is 0 Å². The Hall–Kier alpha value is -4.70. The van der Waals surface area contributed by atoms with E-state index in [1.807, 2.05) is 0 Å². The van der Waals surface area contributed by atoms with E-state index in [9.17, 15) is 30.3 Å². The highest BCUT2D eigenvalue weighted by Crippen LogP contribution is 2.40. The molecule has 10 heteroatoms. The second kappa shape index (κ2) is 13.9. The minimum Gasteiger partial charge on any atom is -0.317 e. The molecular formula is C26H26N4O6. The van der Waals surface area contributed by atoms with Crippen molar-refractivity contribution in [2.75, 3.05) is 13.1 Å². The first kappa shape index (κ1) is 27.5. The van der Waals surface area contributed by atoms with Crippen LogP contribution in [0.5, 0.6) is 0 Å². The molecule has 0 spiro atoms. The Balaban J connectivity index is 0.000000830. The number of nitro benzene ring substituents is 3. The van der Waals surface area contributed by atoms with Crippen LogP contribution in [0.25, 0.3) is 24.3 Å². The van der Waals surface area contributed by atoms with Gasteiger partial charge in [0, 0.05) is 0 Å². The summed E-state index contributed by atoms with van der Waals surface area (Å²) < 4.78 is 0. The third-order valence-electron chi connectivity index (χ3n) is 4.90. The fourth-order valence-electron chi connectivity index (χ4n) is 3.24. The fourth-order valence-corrected chi connectivity index (χ4v) is 3.24. The summed E-state index contributed by atoms with van der Waals surface area (Å²) in [5, 5.41) is 38.2. The topological polar surface area (TPSA) is 141 Å². The summed E-state index contributed by atoms with van der Waals surface area (Å²) >= 11 is 0. The predicted octanol–water partition coefficient (Wildman–Crippen LogP) is 6.37. The minimum absolute atomic E-state index is 0.322. The van der Waals surface area contributed by atoms with Gasteiger partial charge in [-0.05, 0) is 36.4 Å². The van der Waals surface area contributed by atoms with Gasteiger partial charge in [-0.2, -0.15) is 0 Å². The number of rotatable bonds is 9. The van der Waals surface area contributed by atoms with E-state index in [2.05, 4.69) is 19.2 Å². The number of hydrogen-bond acceptors (Lipinski definition) is 7. The van der Waals surface area contributed by atoms with Gasteiger partial charge in [0.05, 0.1) is 20.8 Å². The maximum absolute atomic E-state index is 11.9. The quantitative estimate of drug-likeness (QED) is 0.209. The summed E-state index contributed by atoms with van der Waals surface area (Å²) in [6.45, 7) is 6.39. The summed E-state index contributed by atoms with van der Waals surface area (Å²) in [4.78, 5) is 32.5. The van der Waals surface area contributed by atoms with Gasteiger partial charge in [0.2, 0.25) is 0 Å². The van der Waals surface area contributed by atoms with Crippen molar-refractivity contribution < 1.29 is 14.8 Å². The van der Waals surface area contributed by atoms with Crippen LogP contribution < -0.4 is 5.32 Å². The molecular weight excluding hydrogens is 464 g/mol. The molecule has 186 valence electrons. The highest BCUT2D eigenvalue weighted by molar-refractivity contribution is 5.89. The third-order valence-corrected chi connectivity index (χ3v) is 4.90. The molecule has 0 aliphatic carbocycles. The van der Waals surface area contributed by atoms with E-state index in [0.29, 0.717) is 11.1 Å². The van der Waals surface area contributed by atoms with Crippen LogP contribution in [0, 0.1) is 30.3 Å². The fraction of sp³-hybridized carbons (Fsp3) is 0.154. The maximum Gasteiger partial charge on any atom is 0.297 e. The van der Waals surface area contributed by atoms with Crippen molar-refractivity contribution in [3.63, 3.8) is 0 Å². The molecule has 3 rings (SSSR count).